The van der Waals surface area contributed by atoms with Crippen molar-refractivity contribution in [3.8, 4) is 11.5 Å². The maximum absolute atomic E-state index is 9.75. The van der Waals surface area contributed by atoms with E-state index in [4.69, 9.17) is 10.5 Å². The van der Waals surface area contributed by atoms with Gasteiger partial charge in [-0.05, 0) is 42.6 Å². The Kier molecular flexibility index (Phi) is 5.47. The molecule has 108 valence electrons. The van der Waals surface area contributed by atoms with E-state index in [0.29, 0.717) is 5.75 Å². The minimum Gasteiger partial charge on any atom is -0.504 e. The molecule has 1 aliphatic heterocycles. The van der Waals surface area contributed by atoms with E-state index in [2.05, 4.69) is 11.8 Å². The van der Waals surface area contributed by atoms with Crippen LogP contribution in [0.2, 0.25) is 0 Å². The van der Waals surface area contributed by atoms with E-state index < -0.39 is 0 Å². The van der Waals surface area contributed by atoms with Crippen LogP contribution in [0, 0.1) is 5.41 Å². The number of ether oxygens (including phenoxy) is 1. The predicted octanol–water partition coefficient (Wildman–Crippen LogP) is 1.99. The summed E-state index contributed by atoms with van der Waals surface area (Å²) in [5, 5.41) is 9.75. The third-order valence-corrected chi connectivity index (χ3v) is 3.78. The zero-order valence-corrected chi connectivity index (χ0v) is 12.4. The summed E-state index contributed by atoms with van der Waals surface area (Å²) in [4.78, 5) is 2.38. The second-order valence-corrected chi connectivity index (χ2v) is 5.48. The number of rotatable bonds is 4. The van der Waals surface area contributed by atoms with Crippen molar-refractivity contribution in [2.75, 3.05) is 26.7 Å². The number of hydrogen-bond donors (Lipinski definition) is 2. The van der Waals surface area contributed by atoms with Gasteiger partial charge in [0.2, 0.25) is 0 Å². The number of aromatic hydroxyl groups is 1. The topological polar surface area (TPSA) is 58.7 Å². The molecule has 1 fully saturated rings. The second-order valence-electron chi connectivity index (χ2n) is 5.48. The molecule has 0 aliphatic carbocycles. The monoisotopic (exact) mass is 286 g/mol. The Bertz CT molecular complexity index is 428. The van der Waals surface area contributed by atoms with Crippen molar-refractivity contribution < 1.29 is 9.84 Å². The Hall–Kier alpha value is -0.970. The van der Waals surface area contributed by atoms with E-state index in [1.807, 2.05) is 12.1 Å². The van der Waals surface area contributed by atoms with Crippen LogP contribution in [0.3, 0.4) is 0 Å². The summed E-state index contributed by atoms with van der Waals surface area (Å²) in [5.74, 6) is 0.725. The molecule has 0 bridgehead atoms. The van der Waals surface area contributed by atoms with Gasteiger partial charge in [0.25, 0.3) is 0 Å². The highest BCUT2D eigenvalue weighted by molar-refractivity contribution is 5.85. The number of benzene rings is 1. The van der Waals surface area contributed by atoms with Gasteiger partial charge in [-0.2, -0.15) is 0 Å². The molecule has 0 spiro atoms. The molecular weight excluding hydrogens is 264 g/mol. The molecule has 5 heteroatoms. The molecule has 0 aromatic heterocycles. The van der Waals surface area contributed by atoms with Crippen LogP contribution in [-0.2, 0) is 6.54 Å². The van der Waals surface area contributed by atoms with Gasteiger partial charge in [-0.1, -0.05) is 13.0 Å². The molecule has 1 saturated heterocycles. The summed E-state index contributed by atoms with van der Waals surface area (Å²) < 4.78 is 5.04. The van der Waals surface area contributed by atoms with Crippen molar-refractivity contribution in [1.29, 1.82) is 0 Å². The fourth-order valence-electron chi connectivity index (χ4n) is 2.52. The molecule has 19 heavy (non-hydrogen) atoms. The first-order valence-corrected chi connectivity index (χ1v) is 6.35. The van der Waals surface area contributed by atoms with Gasteiger partial charge in [0.05, 0.1) is 7.11 Å². The first-order valence-electron chi connectivity index (χ1n) is 6.35. The van der Waals surface area contributed by atoms with E-state index in [1.54, 1.807) is 13.2 Å². The molecule has 1 aromatic rings. The standard InChI is InChI=1S/C14H22N2O2.ClH/c1-14(9-15)5-6-16(10-14)8-11-3-4-13(18-2)12(17)7-11;/h3-4,7,17H,5-6,8-10,15H2,1-2H3;1H. The molecule has 1 heterocycles. The first kappa shape index (κ1) is 16.1. The number of hydrogen-bond acceptors (Lipinski definition) is 4. The van der Waals surface area contributed by atoms with Crippen molar-refractivity contribution in [3.05, 3.63) is 23.8 Å². The van der Waals surface area contributed by atoms with Gasteiger partial charge < -0.3 is 15.6 Å². The second kappa shape index (κ2) is 6.46. The highest BCUT2D eigenvalue weighted by Crippen LogP contribution is 2.31. The predicted molar refractivity (Wildman–Crippen MR) is 79.0 cm³/mol. The van der Waals surface area contributed by atoms with Crippen molar-refractivity contribution in [3.63, 3.8) is 0 Å². The van der Waals surface area contributed by atoms with E-state index >= 15 is 0 Å². The molecule has 1 aliphatic rings. The summed E-state index contributed by atoms with van der Waals surface area (Å²) in [6, 6.07) is 5.58. The lowest BCUT2D eigenvalue weighted by Crippen LogP contribution is -2.31. The Morgan fingerprint density at radius 2 is 2.21 bits per heavy atom. The third-order valence-electron chi connectivity index (χ3n) is 3.78. The van der Waals surface area contributed by atoms with Crippen molar-refractivity contribution in [1.82, 2.24) is 4.90 Å². The van der Waals surface area contributed by atoms with E-state index in [1.165, 1.54) is 0 Å². The lowest BCUT2D eigenvalue weighted by atomic mass is 9.90. The quantitative estimate of drug-likeness (QED) is 0.889. The summed E-state index contributed by atoms with van der Waals surface area (Å²) in [6.07, 6.45) is 1.14. The highest BCUT2D eigenvalue weighted by Gasteiger charge is 2.32. The van der Waals surface area contributed by atoms with Gasteiger partial charge in [0.1, 0.15) is 0 Å². The summed E-state index contributed by atoms with van der Waals surface area (Å²) in [6.45, 7) is 5.92. The third kappa shape index (κ3) is 3.75. The SMILES string of the molecule is COc1ccc(CN2CCC(C)(CN)C2)cc1O.Cl. The normalized spacial score (nSPS) is 23.1. The van der Waals surface area contributed by atoms with Crippen molar-refractivity contribution in [2.45, 2.75) is 19.9 Å². The van der Waals surface area contributed by atoms with Gasteiger partial charge >= 0.3 is 0 Å². The van der Waals surface area contributed by atoms with E-state index in [0.717, 1.165) is 38.2 Å². The Labute approximate surface area is 121 Å². The molecule has 0 amide bonds. The van der Waals surface area contributed by atoms with Crippen LogP contribution >= 0.6 is 12.4 Å². The minimum atomic E-state index is 0. The van der Waals surface area contributed by atoms with Gasteiger partial charge in [0, 0.05) is 13.1 Å². The molecule has 0 radical (unpaired) electrons. The fraction of sp³-hybridized carbons (Fsp3) is 0.571. The van der Waals surface area contributed by atoms with Crippen LogP contribution in [0.25, 0.3) is 0 Å². The lowest BCUT2D eigenvalue weighted by molar-refractivity contribution is 0.274. The zero-order valence-electron chi connectivity index (χ0n) is 11.6. The lowest BCUT2D eigenvalue weighted by Gasteiger charge is -2.22. The van der Waals surface area contributed by atoms with E-state index in [9.17, 15) is 5.11 Å². The van der Waals surface area contributed by atoms with Crippen LogP contribution in [0.15, 0.2) is 18.2 Å². The number of halogens is 1. The molecule has 1 unspecified atom stereocenters. The summed E-state index contributed by atoms with van der Waals surface area (Å²) >= 11 is 0. The Balaban J connectivity index is 0.00000180. The average molecular weight is 287 g/mol. The number of phenolic OH excluding ortho intramolecular Hbond substituents is 1. The maximum atomic E-state index is 9.75. The molecule has 4 nitrogen and oxygen atoms in total. The summed E-state index contributed by atoms with van der Waals surface area (Å²) in [7, 11) is 1.56. The number of likely N-dealkylation sites (tertiary alicyclic amines) is 1. The highest BCUT2D eigenvalue weighted by atomic mass is 35.5. The maximum Gasteiger partial charge on any atom is 0.160 e. The number of phenols is 1. The molecule has 1 atom stereocenters. The van der Waals surface area contributed by atoms with Crippen molar-refractivity contribution >= 4 is 12.4 Å². The van der Waals surface area contributed by atoms with Gasteiger partial charge in [-0.3, -0.25) is 4.90 Å². The van der Waals surface area contributed by atoms with Gasteiger partial charge in [-0.15, -0.1) is 12.4 Å². The number of nitrogens with zero attached hydrogens (tertiary/aromatic N) is 1. The molecule has 3 N–H and O–H groups in total. The van der Waals surface area contributed by atoms with Crippen LogP contribution < -0.4 is 10.5 Å². The molecule has 0 saturated carbocycles. The average Bonchev–Trinajstić information content (AvgIpc) is 2.72. The molecule has 1 aromatic carbocycles. The molecular formula is C14H23ClN2O2. The van der Waals surface area contributed by atoms with Crippen LogP contribution in [0.4, 0.5) is 0 Å². The number of nitrogens with two attached hydrogens (primary N) is 1. The zero-order chi connectivity index (χ0) is 13.2. The summed E-state index contributed by atoms with van der Waals surface area (Å²) in [5.41, 5.74) is 7.15. The molecule has 2 rings (SSSR count). The first-order chi connectivity index (χ1) is 8.56. The largest absolute Gasteiger partial charge is 0.504 e. The van der Waals surface area contributed by atoms with Gasteiger partial charge in [0.15, 0.2) is 11.5 Å². The fourth-order valence-corrected chi connectivity index (χ4v) is 2.52. The van der Waals surface area contributed by atoms with Crippen LogP contribution in [0.5, 0.6) is 11.5 Å². The Morgan fingerprint density at radius 3 is 2.74 bits per heavy atom. The Morgan fingerprint density at radius 1 is 1.47 bits per heavy atom. The van der Waals surface area contributed by atoms with Crippen LogP contribution in [0.1, 0.15) is 18.9 Å². The van der Waals surface area contributed by atoms with E-state index in [-0.39, 0.29) is 23.6 Å². The number of methoxy groups -OCH3 is 1. The minimum absolute atomic E-state index is 0. The smallest absolute Gasteiger partial charge is 0.160 e. The van der Waals surface area contributed by atoms with Crippen LogP contribution in [-0.4, -0.2) is 36.8 Å². The van der Waals surface area contributed by atoms with Crippen molar-refractivity contribution in [2.24, 2.45) is 11.1 Å². The van der Waals surface area contributed by atoms with Gasteiger partial charge in [-0.25, -0.2) is 0 Å².